The Labute approximate surface area is 101 Å². The van der Waals surface area contributed by atoms with E-state index in [0.29, 0.717) is 6.42 Å². The van der Waals surface area contributed by atoms with Gasteiger partial charge in [-0.2, -0.15) is 0 Å². The maximum atomic E-state index is 10.5. The number of phenols is 1. The van der Waals surface area contributed by atoms with Crippen LogP contribution in [0.25, 0.3) is 0 Å². The molecule has 0 spiro atoms. The lowest BCUT2D eigenvalue weighted by atomic mass is 9.96. The summed E-state index contributed by atoms with van der Waals surface area (Å²) in [6.45, 7) is 5.91. The van der Waals surface area contributed by atoms with Crippen molar-refractivity contribution in [1.82, 2.24) is 0 Å². The number of rotatable bonds is 4. The van der Waals surface area contributed by atoms with E-state index in [4.69, 9.17) is 5.11 Å². The van der Waals surface area contributed by atoms with Gasteiger partial charge in [-0.05, 0) is 37.0 Å². The predicted octanol–water partition coefficient (Wildman–Crippen LogP) is 3.27. The van der Waals surface area contributed by atoms with Gasteiger partial charge < -0.3 is 14.9 Å². The summed E-state index contributed by atoms with van der Waals surface area (Å²) in [6, 6.07) is 1.61. The zero-order valence-electron chi connectivity index (χ0n) is 10.4. The largest absolute Gasteiger partial charge is 0.511 e. The number of hydrogen-bond donors (Lipinski definition) is 2. The molecule has 0 unspecified atom stereocenters. The van der Waals surface area contributed by atoms with Crippen molar-refractivity contribution in [2.24, 2.45) is 0 Å². The van der Waals surface area contributed by atoms with Gasteiger partial charge in [0.15, 0.2) is 11.5 Å². The summed E-state index contributed by atoms with van der Waals surface area (Å²) in [5, 5.41) is 18.5. The molecule has 0 amide bonds. The normalized spacial score (nSPS) is 10.3. The Morgan fingerprint density at radius 3 is 2.53 bits per heavy atom. The fraction of sp³-hybridized carbons (Fsp3) is 0.462. The minimum absolute atomic E-state index is 0.0309. The third kappa shape index (κ3) is 2.90. The second-order valence-corrected chi connectivity index (χ2v) is 3.96. The van der Waals surface area contributed by atoms with Crippen LogP contribution in [0.1, 0.15) is 37.0 Å². The van der Waals surface area contributed by atoms with Gasteiger partial charge >= 0.3 is 6.16 Å². The predicted molar refractivity (Wildman–Crippen MR) is 64.9 cm³/mol. The summed E-state index contributed by atoms with van der Waals surface area (Å²) >= 11 is 0. The molecule has 0 aliphatic rings. The van der Waals surface area contributed by atoms with Crippen molar-refractivity contribution in [3.63, 3.8) is 0 Å². The standard InChI is InChI=1S/C13H18O4/c1-4-6-9-7-11(17-13(15)16)12(14)10(5-2)8(9)3/h7,14H,4-6H2,1-3H3,(H,15,16). The zero-order valence-corrected chi connectivity index (χ0v) is 10.4. The van der Waals surface area contributed by atoms with Gasteiger partial charge in [0, 0.05) is 5.56 Å². The molecule has 0 radical (unpaired) electrons. The average molecular weight is 238 g/mol. The van der Waals surface area contributed by atoms with E-state index in [1.54, 1.807) is 6.07 Å². The molecule has 0 heterocycles. The number of aryl methyl sites for hydroxylation is 1. The molecule has 0 saturated heterocycles. The quantitative estimate of drug-likeness (QED) is 0.624. The highest BCUT2D eigenvalue weighted by Gasteiger charge is 2.16. The average Bonchev–Trinajstić information content (AvgIpc) is 2.25. The molecule has 0 bridgehead atoms. The lowest BCUT2D eigenvalue weighted by molar-refractivity contribution is 0.142. The molecule has 0 aliphatic carbocycles. The maximum Gasteiger partial charge on any atom is 0.511 e. The highest BCUT2D eigenvalue weighted by Crippen LogP contribution is 2.35. The van der Waals surface area contributed by atoms with E-state index in [-0.39, 0.29) is 11.5 Å². The van der Waals surface area contributed by atoms with Gasteiger partial charge in [-0.1, -0.05) is 20.3 Å². The van der Waals surface area contributed by atoms with Crippen LogP contribution in [0.5, 0.6) is 11.5 Å². The van der Waals surface area contributed by atoms with Crippen LogP contribution in [-0.4, -0.2) is 16.4 Å². The molecule has 0 aromatic heterocycles. The molecule has 1 aromatic carbocycles. The van der Waals surface area contributed by atoms with Gasteiger partial charge in [-0.25, -0.2) is 4.79 Å². The Bertz CT molecular complexity index is 424. The van der Waals surface area contributed by atoms with E-state index in [2.05, 4.69) is 11.7 Å². The molecular weight excluding hydrogens is 220 g/mol. The number of hydrogen-bond acceptors (Lipinski definition) is 3. The Morgan fingerprint density at radius 2 is 2.06 bits per heavy atom. The van der Waals surface area contributed by atoms with Crippen molar-refractivity contribution in [3.05, 3.63) is 22.8 Å². The summed E-state index contributed by atoms with van der Waals surface area (Å²) in [6.07, 6.45) is 1.04. The summed E-state index contributed by atoms with van der Waals surface area (Å²) in [5.74, 6) is -0.0318. The van der Waals surface area contributed by atoms with Crippen LogP contribution >= 0.6 is 0 Å². The first-order valence-electron chi connectivity index (χ1n) is 5.76. The van der Waals surface area contributed by atoms with E-state index in [9.17, 15) is 9.90 Å². The van der Waals surface area contributed by atoms with Crippen LogP contribution in [0.2, 0.25) is 0 Å². The van der Waals surface area contributed by atoms with Crippen LogP contribution in [-0.2, 0) is 12.8 Å². The molecule has 4 nitrogen and oxygen atoms in total. The van der Waals surface area contributed by atoms with E-state index in [1.165, 1.54) is 0 Å². The molecule has 1 rings (SSSR count). The Morgan fingerprint density at radius 1 is 1.41 bits per heavy atom. The first kappa shape index (κ1) is 13.4. The minimum atomic E-state index is -1.41. The fourth-order valence-corrected chi connectivity index (χ4v) is 1.99. The third-order valence-corrected chi connectivity index (χ3v) is 2.83. The highest BCUT2D eigenvalue weighted by molar-refractivity contribution is 5.65. The first-order valence-corrected chi connectivity index (χ1v) is 5.76. The third-order valence-electron chi connectivity index (χ3n) is 2.83. The van der Waals surface area contributed by atoms with Crippen LogP contribution in [0.15, 0.2) is 6.07 Å². The molecule has 1 aromatic rings. The van der Waals surface area contributed by atoms with Gasteiger partial charge in [0.1, 0.15) is 0 Å². The zero-order chi connectivity index (χ0) is 13.0. The van der Waals surface area contributed by atoms with Crippen molar-refractivity contribution >= 4 is 6.16 Å². The number of phenolic OH excluding ortho intramolecular Hbond substituents is 1. The van der Waals surface area contributed by atoms with Crippen molar-refractivity contribution < 1.29 is 19.7 Å². The van der Waals surface area contributed by atoms with Gasteiger partial charge in [-0.3, -0.25) is 0 Å². The Hall–Kier alpha value is -1.71. The van der Waals surface area contributed by atoms with Crippen molar-refractivity contribution in [3.8, 4) is 11.5 Å². The van der Waals surface area contributed by atoms with E-state index in [1.807, 2.05) is 13.8 Å². The molecular formula is C13H18O4. The summed E-state index contributed by atoms with van der Waals surface area (Å²) in [7, 11) is 0. The number of aromatic hydroxyl groups is 1. The van der Waals surface area contributed by atoms with Crippen LogP contribution < -0.4 is 4.74 Å². The molecule has 94 valence electrons. The highest BCUT2D eigenvalue weighted by atomic mass is 16.7. The molecule has 4 heteroatoms. The number of carbonyl (C=O) groups is 1. The van der Waals surface area contributed by atoms with Gasteiger partial charge in [0.2, 0.25) is 0 Å². The lowest BCUT2D eigenvalue weighted by Gasteiger charge is -2.14. The van der Waals surface area contributed by atoms with Crippen LogP contribution in [0.4, 0.5) is 4.79 Å². The maximum absolute atomic E-state index is 10.5. The van der Waals surface area contributed by atoms with Crippen LogP contribution in [0.3, 0.4) is 0 Å². The smallest absolute Gasteiger partial charge is 0.504 e. The second kappa shape index (κ2) is 5.57. The molecule has 0 aliphatic heterocycles. The van der Waals surface area contributed by atoms with E-state index in [0.717, 1.165) is 29.5 Å². The Balaban J connectivity index is 3.30. The summed E-state index contributed by atoms with van der Waals surface area (Å²) in [4.78, 5) is 10.5. The van der Waals surface area contributed by atoms with Gasteiger partial charge in [0.25, 0.3) is 0 Å². The lowest BCUT2D eigenvalue weighted by Crippen LogP contribution is -2.06. The van der Waals surface area contributed by atoms with Crippen molar-refractivity contribution in [2.45, 2.75) is 40.0 Å². The molecule has 0 saturated carbocycles. The molecule has 0 atom stereocenters. The summed E-state index contributed by atoms with van der Waals surface area (Å²) < 4.78 is 4.60. The van der Waals surface area contributed by atoms with Gasteiger partial charge in [-0.15, -0.1) is 0 Å². The number of ether oxygens (including phenoxy) is 1. The van der Waals surface area contributed by atoms with Crippen LogP contribution in [0, 0.1) is 6.92 Å². The number of benzene rings is 1. The minimum Gasteiger partial charge on any atom is -0.504 e. The second-order valence-electron chi connectivity index (χ2n) is 3.96. The summed E-state index contributed by atoms with van der Waals surface area (Å²) in [5.41, 5.74) is 2.80. The molecule has 17 heavy (non-hydrogen) atoms. The van der Waals surface area contributed by atoms with Gasteiger partial charge in [0.05, 0.1) is 0 Å². The topological polar surface area (TPSA) is 66.8 Å². The Kier molecular flexibility index (Phi) is 4.37. The SMILES string of the molecule is CCCc1cc(OC(=O)O)c(O)c(CC)c1C. The molecule has 0 fully saturated rings. The van der Waals surface area contributed by atoms with E-state index >= 15 is 0 Å². The van der Waals surface area contributed by atoms with Crippen molar-refractivity contribution in [1.29, 1.82) is 0 Å². The van der Waals surface area contributed by atoms with Crippen molar-refractivity contribution in [2.75, 3.05) is 0 Å². The molecule has 2 N–H and O–H groups in total. The van der Waals surface area contributed by atoms with E-state index < -0.39 is 6.16 Å². The first-order chi connectivity index (χ1) is 8.01. The number of carboxylic acid groups (broad SMARTS) is 1. The monoisotopic (exact) mass is 238 g/mol. The fourth-order valence-electron chi connectivity index (χ4n) is 1.99.